The number of nitrogens with one attached hydrogen (secondary N) is 1. The lowest BCUT2D eigenvalue weighted by atomic mass is 10.2. The minimum atomic E-state index is 0.236. The Kier molecular flexibility index (Phi) is 4.44. The number of rotatable bonds is 4. The zero-order valence-electron chi connectivity index (χ0n) is 11.2. The van der Waals surface area contributed by atoms with Crippen LogP contribution in [0.4, 0.5) is 0 Å². The maximum Gasteiger partial charge on any atom is 0.161 e. The van der Waals surface area contributed by atoms with E-state index in [-0.39, 0.29) is 6.04 Å². The lowest BCUT2D eigenvalue weighted by Crippen LogP contribution is -2.50. The van der Waals surface area contributed by atoms with Gasteiger partial charge in [0.2, 0.25) is 0 Å². The largest absolute Gasteiger partial charge is 0.493 e. The minimum Gasteiger partial charge on any atom is -0.493 e. The van der Waals surface area contributed by atoms with Crippen LogP contribution in [0.25, 0.3) is 0 Å². The molecule has 1 heterocycles. The van der Waals surface area contributed by atoms with Crippen molar-refractivity contribution in [2.24, 2.45) is 0 Å². The summed E-state index contributed by atoms with van der Waals surface area (Å²) in [7, 11) is 1.66. The summed E-state index contributed by atoms with van der Waals surface area (Å²) >= 11 is 0. The molecule has 1 aromatic carbocycles. The summed E-state index contributed by atoms with van der Waals surface area (Å²) in [6.07, 6.45) is 0. The maximum atomic E-state index is 5.80. The van der Waals surface area contributed by atoms with Crippen molar-refractivity contribution in [1.29, 1.82) is 0 Å². The smallest absolute Gasteiger partial charge is 0.161 e. The molecular formula is C14H21NO3. The molecule has 2 rings (SSSR count). The van der Waals surface area contributed by atoms with E-state index < -0.39 is 0 Å². The second-order valence-corrected chi connectivity index (χ2v) is 4.77. The SMILES string of the molecule is COc1cc(C)ccc1OCC1COCC(C)N1. The molecule has 1 aliphatic heterocycles. The van der Waals surface area contributed by atoms with Gasteiger partial charge in [0.05, 0.1) is 26.4 Å². The predicted octanol–water partition coefficient (Wildman–Crippen LogP) is 1.76. The fourth-order valence-corrected chi connectivity index (χ4v) is 2.07. The van der Waals surface area contributed by atoms with E-state index in [0.717, 1.165) is 23.7 Å². The van der Waals surface area contributed by atoms with Crippen LogP contribution in [0.1, 0.15) is 12.5 Å². The van der Waals surface area contributed by atoms with Gasteiger partial charge in [-0.1, -0.05) is 6.07 Å². The molecule has 0 aliphatic carbocycles. The summed E-state index contributed by atoms with van der Waals surface area (Å²) in [5.41, 5.74) is 1.16. The van der Waals surface area contributed by atoms with Crippen molar-refractivity contribution in [3.63, 3.8) is 0 Å². The standard InChI is InChI=1S/C14H21NO3/c1-10-4-5-13(14(6-10)16-3)18-9-12-8-17-7-11(2)15-12/h4-6,11-12,15H,7-9H2,1-3H3. The van der Waals surface area contributed by atoms with Gasteiger partial charge in [0.15, 0.2) is 11.5 Å². The molecule has 0 radical (unpaired) electrons. The lowest BCUT2D eigenvalue weighted by molar-refractivity contribution is 0.0350. The van der Waals surface area contributed by atoms with E-state index in [1.807, 2.05) is 25.1 Å². The van der Waals surface area contributed by atoms with E-state index in [1.165, 1.54) is 0 Å². The van der Waals surface area contributed by atoms with Gasteiger partial charge in [-0.2, -0.15) is 0 Å². The minimum absolute atomic E-state index is 0.236. The van der Waals surface area contributed by atoms with Gasteiger partial charge >= 0.3 is 0 Å². The number of methoxy groups -OCH3 is 1. The van der Waals surface area contributed by atoms with Crippen LogP contribution in [0.2, 0.25) is 0 Å². The quantitative estimate of drug-likeness (QED) is 0.885. The fraction of sp³-hybridized carbons (Fsp3) is 0.571. The average molecular weight is 251 g/mol. The van der Waals surface area contributed by atoms with Crippen LogP contribution in [-0.4, -0.2) is 39.0 Å². The molecule has 1 aliphatic rings. The Bertz CT molecular complexity index is 395. The van der Waals surface area contributed by atoms with Crippen molar-refractivity contribution in [3.05, 3.63) is 23.8 Å². The molecule has 1 N–H and O–H groups in total. The third kappa shape index (κ3) is 3.37. The highest BCUT2D eigenvalue weighted by Crippen LogP contribution is 2.27. The van der Waals surface area contributed by atoms with E-state index in [9.17, 15) is 0 Å². The van der Waals surface area contributed by atoms with Crippen LogP contribution < -0.4 is 14.8 Å². The molecule has 1 fully saturated rings. The van der Waals surface area contributed by atoms with E-state index >= 15 is 0 Å². The molecule has 0 aromatic heterocycles. The molecule has 4 heteroatoms. The Hall–Kier alpha value is -1.26. The summed E-state index contributed by atoms with van der Waals surface area (Å²) in [5.74, 6) is 1.56. The van der Waals surface area contributed by atoms with Crippen LogP contribution in [0, 0.1) is 6.92 Å². The van der Waals surface area contributed by atoms with Gasteiger partial charge in [-0.05, 0) is 31.5 Å². The van der Waals surface area contributed by atoms with Crippen LogP contribution in [0.3, 0.4) is 0 Å². The molecule has 2 unspecified atom stereocenters. The van der Waals surface area contributed by atoms with Crippen LogP contribution in [0.5, 0.6) is 11.5 Å². The van der Waals surface area contributed by atoms with Gasteiger partial charge in [0.25, 0.3) is 0 Å². The highest BCUT2D eigenvalue weighted by Gasteiger charge is 2.19. The number of ether oxygens (including phenoxy) is 3. The summed E-state index contributed by atoms with van der Waals surface area (Å²) in [5, 5.41) is 3.44. The van der Waals surface area contributed by atoms with Gasteiger partial charge < -0.3 is 19.5 Å². The normalized spacial score (nSPS) is 23.7. The van der Waals surface area contributed by atoms with Gasteiger partial charge in [0.1, 0.15) is 6.61 Å². The maximum absolute atomic E-state index is 5.80. The molecule has 2 atom stereocenters. The van der Waals surface area contributed by atoms with Crippen LogP contribution in [-0.2, 0) is 4.74 Å². The van der Waals surface area contributed by atoms with Gasteiger partial charge in [0, 0.05) is 6.04 Å². The number of morpholine rings is 1. The van der Waals surface area contributed by atoms with Crippen molar-refractivity contribution >= 4 is 0 Å². The Morgan fingerprint density at radius 3 is 2.89 bits per heavy atom. The second-order valence-electron chi connectivity index (χ2n) is 4.77. The molecule has 0 spiro atoms. The number of aryl methyl sites for hydroxylation is 1. The molecule has 18 heavy (non-hydrogen) atoms. The van der Waals surface area contributed by atoms with Gasteiger partial charge in [-0.3, -0.25) is 0 Å². The Morgan fingerprint density at radius 1 is 1.33 bits per heavy atom. The predicted molar refractivity (Wildman–Crippen MR) is 70.4 cm³/mol. The topological polar surface area (TPSA) is 39.7 Å². The third-order valence-corrected chi connectivity index (χ3v) is 2.97. The number of benzene rings is 1. The van der Waals surface area contributed by atoms with E-state index in [4.69, 9.17) is 14.2 Å². The van der Waals surface area contributed by atoms with Crippen LogP contribution >= 0.6 is 0 Å². The van der Waals surface area contributed by atoms with E-state index in [1.54, 1.807) is 7.11 Å². The fourth-order valence-electron chi connectivity index (χ4n) is 2.07. The highest BCUT2D eigenvalue weighted by molar-refractivity contribution is 5.42. The summed E-state index contributed by atoms with van der Waals surface area (Å²) in [4.78, 5) is 0. The number of hydrogen-bond donors (Lipinski definition) is 1. The second kappa shape index (κ2) is 6.07. The van der Waals surface area contributed by atoms with Gasteiger partial charge in [-0.15, -0.1) is 0 Å². The Morgan fingerprint density at radius 2 is 2.17 bits per heavy atom. The van der Waals surface area contributed by atoms with Crippen LogP contribution in [0.15, 0.2) is 18.2 Å². The highest BCUT2D eigenvalue weighted by atomic mass is 16.5. The first-order chi connectivity index (χ1) is 8.69. The van der Waals surface area contributed by atoms with Crippen molar-refractivity contribution in [2.45, 2.75) is 25.9 Å². The number of hydrogen-bond acceptors (Lipinski definition) is 4. The van der Waals surface area contributed by atoms with Crippen molar-refractivity contribution in [2.75, 3.05) is 26.9 Å². The van der Waals surface area contributed by atoms with Crippen molar-refractivity contribution in [3.8, 4) is 11.5 Å². The molecule has 100 valence electrons. The third-order valence-electron chi connectivity index (χ3n) is 2.97. The molecule has 1 aromatic rings. The molecular weight excluding hydrogens is 230 g/mol. The molecule has 0 amide bonds. The zero-order valence-corrected chi connectivity index (χ0v) is 11.2. The summed E-state index contributed by atoms with van der Waals surface area (Å²) in [6.45, 7) is 6.19. The molecule has 0 saturated carbocycles. The van der Waals surface area contributed by atoms with E-state index in [2.05, 4.69) is 12.2 Å². The first-order valence-electron chi connectivity index (χ1n) is 6.30. The molecule has 0 bridgehead atoms. The summed E-state index contributed by atoms with van der Waals surface area (Å²) < 4.78 is 16.6. The zero-order chi connectivity index (χ0) is 13.0. The molecule has 1 saturated heterocycles. The average Bonchev–Trinajstić information content (AvgIpc) is 2.37. The van der Waals surface area contributed by atoms with Crippen molar-refractivity contribution in [1.82, 2.24) is 5.32 Å². The lowest BCUT2D eigenvalue weighted by Gasteiger charge is -2.29. The van der Waals surface area contributed by atoms with Crippen molar-refractivity contribution < 1.29 is 14.2 Å². The van der Waals surface area contributed by atoms with Gasteiger partial charge in [-0.25, -0.2) is 0 Å². The monoisotopic (exact) mass is 251 g/mol. The summed E-state index contributed by atoms with van der Waals surface area (Å²) in [6, 6.07) is 6.56. The Labute approximate surface area is 108 Å². The first-order valence-corrected chi connectivity index (χ1v) is 6.30. The van der Waals surface area contributed by atoms with E-state index in [0.29, 0.717) is 19.3 Å². The molecule has 4 nitrogen and oxygen atoms in total. The first kappa shape index (κ1) is 13.2. The Balaban J connectivity index is 1.93.